The number of hydrogen-bond donors (Lipinski definition) is 1. The van der Waals surface area contributed by atoms with Crippen molar-refractivity contribution in [2.75, 3.05) is 20.3 Å². The molecule has 0 aliphatic heterocycles. The molecule has 0 aliphatic rings. The van der Waals surface area contributed by atoms with E-state index in [-0.39, 0.29) is 18.4 Å². The van der Waals surface area contributed by atoms with Gasteiger partial charge >= 0.3 is 0 Å². The van der Waals surface area contributed by atoms with E-state index in [0.717, 1.165) is 10.0 Å². The van der Waals surface area contributed by atoms with Crippen LogP contribution in [0.4, 0.5) is 0 Å². The molecule has 0 spiro atoms. The van der Waals surface area contributed by atoms with E-state index in [0.29, 0.717) is 30.5 Å². The number of hydrogen-bond acceptors (Lipinski definition) is 4. The number of nitrogens with one attached hydrogen (secondary N) is 1. The third-order valence-corrected chi connectivity index (χ3v) is 5.01. The maximum Gasteiger partial charge on any atom is 0.261 e. The summed E-state index contributed by atoms with van der Waals surface area (Å²) in [6, 6.07) is 14.2. The molecular formula is C23H29BrN2O4. The molecule has 30 heavy (non-hydrogen) atoms. The first-order valence-electron chi connectivity index (χ1n) is 9.89. The van der Waals surface area contributed by atoms with Crippen molar-refractivity contribution in [3.63, 3.8) is 0 Å². The highest BCUT2D eigenvalue weighted by atomic mass is 79.9. The van der Waals surface area contributed by atoms with Gasteiger partial charge in [-0.25, -0.2) is 0 Å². The Morgan fingerprint density at radius 2 is 1.77 bits per heavy atom. The Kier molecular flexibility index (Phi) is 9.17. The lowest BCUT2D eigenvalue weighted by molar-refractivity contribution is -0.142. The quantitative estimate of drug-likeness (QED) is 0.561. The van der Waals surface area contributed by atoms with Crippen LogP contribution in [0.5, 0.6) is 11.5 Å². The summed E-state index contributed by atoms with van der Waals surface area (Å²) in [4.78, 5) is 27.2. The van der Waals surface area contributed by atoms with Crippen molar-refractivity contribution >= 4 is 27.7 Å². The number of halogens is 1. The van der Waals surface area contributed by atoms with Crippen LogP contribution in [0.15, 0.2) is 53.0 Å². The fourth-order valence-electron chi connectivity index (χ4n) is 2.83. The lowest BCUT2D eigenvalue weighted by Gasteiger charge is -2.29. The third kappa shape index (κ3) is 7.06. The van der Waals surface area contributed by atoms with Crippen LogP contribution in [-0.2, 0) is 16.1 Å². The minimum absolute atomic E-state index is 0.190. The Labute approximate surface area is 186 Å². The van der Waals surface area contributed by atoms with E-state index in [9.17, 15) is 9.59 Å². The van der Waals surface area contributed by atoms with E-state index in [2.05, 4.69) is 21.2 Å². The molecule has 2 amide bonds. The number of nitrogens with zero attached hydrogens (tertiary/aromatic N) is 1. The lowest BCUT2D eigenvalue weighted by atomic mass is 10.1. The van der Waals surface area contributed by atoms with Crippen LogP contribution in [0.25, 0.3) is 0 Å². The highest BCUT2D eigenvalue weighted by molar-refractivity contribution is 9.10. The summed E-state index contributed by atoms with van der Waals surface area (Å²) in [6.45, 7) is 6.43. The van der Waals surface area contributed by atoms with Gasteiger partial charge in [0.25, 0.3) is 5.91 Å². The maximum atomic E-state index is 13.1. The zero-order chi connectivity index (χ0) is 22.1. The molecule has 0 saturated heterocycles. The zero-order valence-electron chi connectivity index (χ0n) is 17.9. The molecular weight excluding hydrogens is 448 g/mol. The topological polar surface area (TPSA) is 67.9 Å². The summed E-state index contributed by atoms with van der Waals surface area (Å²) < 4.78 is 11.9. The number of para-hydroxylation sites is 2. The molecule has 0 saturated carbocycles. The molecule has 162 valence electrons. The summed E-state index contributed by atoms with van der Waals surface area (Å²) in [5.74, 6) is 0.876. The van der Waals surface area contributed by atoms with Crippen LogP contribution < -0.4 is 14.8 Å². The fraction of sp³-hybridized carbons (Fsp3) is 0.391. The number of amides is 2. The zero-order valence-corrected chi connectivity index (χ0v) is 19.4. The SMILES string of the molecule is COc1ccccc1OCC(=O)N(Cc1cccc(Br)c1)C(C)C(=O)NCC(C)C. The molecule has 0 aliphatic carbocycles. The molecule has 2 rings (SSSR count). The van der Waals surface area contributed by atoms with Crippen molar-refractivity contribution in [2.24, 2.45) is 5.92 Å². The Morgan fingerprint density at radius 3 is 2.40 bits per heavy atom. The molecule has 1 N–H and O–H groups in total. The van der Waals surface area contributed by atoms with Gasteiger partial charge in [0.15, 0.2) is 18.1 Å². The molecule has 0 fully saturated rings. The van der Waals surface area contributed by atoms with Gasteiger partial charge in [-0.2, -0.15) is 0 Å². The number of rotatable bonds is 10. The Balaban J connectivity index is 2.16. The molecule has 2 aromatic carbocycles. The fourth-order valence-corrected chi connectivity index (χ4v) is 3.27. The molecule has 0 aromatic heterocycles. The summed E-state index contributed by atoms with van der Waals surface area (Å²) in [5.41, 5.74) is 0.915. The number of carbonyl (C=O) groups is 2. The third-order valence-electron chi connectivity index (χ3n) is 4.51. The van der Waals surface area contributed by atoms with E-state index in [1.807, 2.05) is 50.2 Å². The smallest absolute Gasteiger partial charge is 0.261 e. The first kappa shape index (κ1) is 23.7. The van der Waals surface area contributed by atoms with Gasteiger partial charge in [0.1, 0.15) is 6.04 Å². The average Bonchev–Trinajstić information content (AvgIpc) is 2.73. The van der Waals surface area contributed by atoms with Gasteiger partial charge < -0.3 is 19.7 Å². The van der Waals surface area contributed by atoms with Gasteiger partial charge in [-0.1, -0.05) is 54.0 Å². The maximum absolute atomic E-state index is 13.1. The van der Waals surface area contributed by atoms with Crippen LogP contribution in [0.2, 0.25) is 0 Å². The van der Waals surface area contributed by atoms with Crippen LogP contribution in [0, 0.1) is 5.92 Å². The standard InChI is InChI=1S/C23H29BrN2O4/c1-16(2)13-25-23(28)17(3)26(14-18-8-7-9-19(24)12-18)22(27)15-30-21-11-6-5-10-20(21)29-4/h5-12,16-17H,13-15H2,1-4H3,(H,25,28). The Morgan fingerprint density at radius 1 is 1.07 bits per heavy atom. The molecule has 7 heteroatoms. The van der Waals surface area contributed by atoms with Crippen molar-refractivity contribution in [3.8, 4) is 11.5 Å². The van der Waals surface area contributed by atoms with Gasteiger partial charge in [-0.15, -0.1) is 0 Å². The summed E-state index contributed by atoms with van der Waals surface area (Å²) in [7, 11) is 1.55. The van der Waals surface area contributed by atoms with Crippen LogP contribution in [0.3, 0.4) is 0 Å². The van der Waals surface area contributed by atoms with Gasteiger partial charge in [0, 0.05) is 17.6 Å². The van der Waals surface area contributed by atoms with Gasteiger partial charge in [-0.05, 0) is 42.7 Å². The van der Waals surface area contributed by atoms with E-state index in [1.54, 1.807) is 26.2 Å². The number of methoxy groups -OCH3 is 1. The Bertz CT molecular complexity index is 857. The van der Waals surface area contributed by atoms with E-state index < -0.39 is 6.04 Å². The number of carbonyl (C=O) groups excluding carboxylic acids is 2. The predicted octanol–water partition coefficient (Wildman–Crippen LogP) is 4.03. The first-order valence-corrected chi connectivity index (χ1v) is 10.7. The molecule has 2 aromatic rings. The Hall–Kier alpha value is -2.54. The highest BCUT2D eigenvalue weighted by Crippen LogP contribution is 2.26. The molecule has 1 unspecified atom stereocenters. The second-order valence-corrected chi connectivity index (χ2v) is 8.32. The first-order chi connectivity index (χ1) is 14.3. The van der Waals surface area contributed by atoms with E-state index in [1.165, 1.54) is 4.90 Å². The van der Waals surface area contributed by atoms with E-state index >= 15 is 0 Å². The minimum Gasteiger partial charge on any atom is -0.493 e. The minimum atomic E-state index is -0.642. The van der Waals surface area contributed by atoms with Gasteiger partial charge in [0.2, 0.25) is 5.91 Å². The van der Waals surface area contributed by atoms with Crippen molar-refractivity contribution in [1.82, 2.24) is 10.2 Å². The largest absolute Gasteiger partial charge is 0.493 e. The molecule has 1 atom stereocenters. The molecule has 6 nitrogen and oxygen atoms in total. The van der Waals surface area contributed by atoms with Crippen molar-refractivity contribution in [1.29, 1.82) is 0 Å². The van der Waals surface area contributed by atoms with E-state index in [4.69, 9.17) is 9.47 Å². The normalized spacial score (nSPS) is 11.7. The number of ether oxygens (including phenoxy) is 2. The summed E-state index contributed by atoms with van der Waals surface area (Å²) in [5, 5.41) is 2.90. The van der Waals surface area contributed by atoms with Crippen LogP contribution in [0.1, 0.15) is 26.3 Å². The van der Waals surface area contributed by atoms with Crippen molar-refractivity contribution in [2.45, 2.75) is 33.4 Å². The summed E-state index contributed by atoms with van der Waals surface area (Å²) >= 11 is 3.45. The van der Waals surface area contributed by atoms with Crippen LogP contribution in [-0.4, -0.2) is 43.0 Å². The monoisotopic (exact) mass is 476 g/mol. The molecule has 0 bridgehead atoms. The van der Waals surface area contributed by atoms with Crippen molar-refractivity contribution in [3.05, 3.63) is 58.6 Å². The van der Waals surface area contributed by atoms with Crippen LogP contribution >= 0.6 is 15.9 Å². The predicted molar refractivity (Wildman–Crippen MR) is 120 cm³/mol. The highest BCUT2D eigenvalue weighted by Gasteiger charge is 2.26. The second kappa shape index (κ2) is 11.6. The lowest BCUT2D eigenvalue weighted by Crippen LogP contribution is -2.49. The molecule has 0 radical (unpaired) electrons. The van der Waals surface area contributed by atoms with Crippen molar-refractivity contribution < 1.29 is 19.1 Å². The molecule has 0 heterocycles. The summed E-state index contributed by atoms with van der Waals surface area (Å²) in [6.07, 6.45) is 0. The van der Waals surface area contributed by atoms with Gasteiger partial charge in [0.05, 0.1) is 7.11 Å². The average molecular weight is 477 g/mol. The second-order valence-electron chi connectivity index (χ2n) is 7.41. The van der Waals surface area contributed by atoms with Gasteiger partial charge in [-0.3, -0.25) is 9.59 Å². The number of benzene rings is 2.